The Morgan fingerprint density at radius 1 is 1.16 bits per heavy atom. The minimum Gasteiger partial charge on any atom is -0.464 e. The molecule has 0 aromatic heterocycles. The predicted molar refractivity (Wildman–Crippen MR) is 146 cm³/mol. The molecule has 0 unspecified atom stereocenters. The van der Waals surface area contributed by atoms with E-state index in [1.165, 1.54) is 18.2 Å². The molecule has 1 aromatic rings. The molecule has 0 saturated heterocycles. The quantitative estimate of drug-likeness (QED) is 0.0785. The van der Waals surface area contributed by atoms with Crippen LogP contribution in [0.3, 0.4) is 0 Å². The summed E-state index contributed by atoms with van der Waals surface area (Å²) in [5, 5.41) is 21.8. The van der Waals surface area contributed by atoms with Gasteiger partial charge in [-0.15, -0.1) is 0 Å². The van der Waals surface area contributed by atoms with Gasteiger partial charge in [0.1, 0.15) is 6.54 Å². The zero-order chi connectivity index (χ0) is 27.9. The highest BCUT2D eigenvalue weighted by molar-refractivity contribution is 6.60. The van der Waals surface area contributed by atoms with Crippen LogP contribution in [0.15, 0.2) is 71.6 Å². The number of nitrogens with zero attached hydrogens (tertiary/aromatic N) is 2. The molecule has 0 spiro atoms. The molecule has 2 N–H and O–H groups in total. The van der Waals surface area contributed by atoms with Gasteiger partial charge in [-0.05, 0) is 29.9 Å². The molecule has 0 radical (unpaired) electrons. The number of ketones is 1. The Morgan fingerprint density at radius 2 is 1.84 bits per heavy atom. The molecule has 1 heterocycles. The van der Waals surface area contributed by atoms with Crippen LogP contribution in [0.1, 0.15) is 32.3 Å². The van der Waals surface area contributed by atoms with Gasteiger partial charge >= 0.3 is 14.7 Å². The number of anilines is 1. The lowest BCUT2D eigenvalue weighted by atomic mass is 9.83. The third-order valence-corrected chi connectivity index (χ3v) is 9.75. The maximum absolute atomic E-state index is 12.4. The Hall–Kier alpha value is -3.38. The molecule has 1 aliphatic carbocycles. The predicted octanol–water partition coefficient (Wildman–Crippen LogP) is 2.59. The fourth-order valence-corrected chi connectivity index (χ4v) is 6.45. The van der Waals surface area contributed by atoms with E-state index in [9.17, 15) is 20.0 Å². The molecule has 1 aromatic carbocycles. The summed E-state index contributed by atoms with van der Waals surface area (Å²) in [6.45, 7) is 5.21. The first-order valence-corrected chi connectivity index (χ1v) is 14.3. The third kappa shape index (κ3) is 6.36. The van der Waals surface area contributed by atoms with Crippen LogP contribution in [0.2, 0.25) is 6.04 Å². The monoisotopic (exact) mass is 542 g/mol. The van der Waals surface area contributed by atoms with Gasteiger partial charge in [-0.3, -0.25) is 14.9 Å². The van der Waals surface area contributed by atoms with E-state index in [2.05, 4.69) is 29.8 Å². The average Bonchev–Trinajstić information content (AvgIpc) is 3.13. The van der Waals surface area contributed by atoms with Crippen molar-refractivity contribution in [2.75, 3.05) is 39.3 Å². The van der Waals surface area contributed by atoms with Gasteiger partial charge in [-0.25, -0.2) is 4.99 Å². The Labute approximate surface area is 224 Å². The number of carbonyl (C=O) groups excluding carboxylic acids is 1. The minimum atomic E-state index is -2.65. The maximum Gasteiger partial charge on any atom is 0.500 e. The summed E-state index contributed by atoms with van der Waals surface area (Å²) in [7, 11) is 2.07. The number of fused-ring (bicyclic) bond motifs is 1. The van der Waals surface area contributed by atoms with Crippen LogP contribution >= 0.6 is 0 Å². The van der Waals surface area contributed by atoms with Crippen LogP contribution in [-0.4, -0.2) is 64.9 Å². The minimum absolute atomic E-state index is 0.132. The second-order valence-electron chi connectivity index (χ2n) is 9.51. The van der Waals surface area contributed by atoms with Gasteiger partial charge in [0, 0.05) is 74.9 Å². The number of hydrogen-bond donors (Lipinski definition) is 2. The third-order valence-electron chi connectivity index (χ3n) is 6.92. The van der Waals surface area contributed by atoms with Gasteiger partial charge in [0.05, 0.1) is 11.3 Å². The zero-order valence-corrected chi connectivity index (χ0v) is 23.5. The van der Waals surface area contributed by atoms with Crippen LogP contribution in [0.25, 0.3) is 0 Å². The van der Waals surface area contributed by atoms with Gasteiger partial charge in [-0.1, -0.05) is 32.0 Å². The highest BCUT2D eigenvalue weighted by atomic mass is 28.4. The number of carbonyl (C=O) groups is 1. The van der Waals surface area contributed by atoms with Crippen LogP contribution in [-0.2, 0) is 23.5 Å². The molecule has 204 valence electrons. The van der Waals surface area contributed by atoms with E-state index in [0.29, 0.717) is 32.0 Å². The Balaban J connectivity index is 1.79. The molecule has 1 aliphatic heterocycles. The smallest absolute Gasteiger partial charge is 0.464 e. The summed E-state index contributed by atoms with van der Waals surface area (Å²) in [6, 6.07) is 8.65. The molecule has 0 fully saturated rings. The van der Waals surface area contributed by atoms with Gasteiger partial charge in [0.2, 0.25) is 0 Å². The summed E-state index contributed by atoms with van der Waals surface area (Å²) in [6.07, 6.45) is 8.25. The van der Waals surface area contributed by atoms with Crippen LogP contribution < -0.4 is 9.89 Å². The molecular formula is C27H36N3O7Si+. The summed E-state index contributed by atoms with van der Waals surface area (Å²) in [4.78, 5) is 28.2. The van der Waals surface area contributed by atoms with Crippen molar-refractivity contribution in [3.8, 4) is 0 Å². The molecule has 0 atom stereocenters. The lowest BCUT2D eigenvalue weighted by Gasteiger charge is -2.26. The molecule has 0 amide bonds. The van der Waals surface area contributed by atoms with Gasteiger partial charge in [0.25, 0.3) is 5.70 Å². The number of benzene rings is 1. The molecule has 0 saturated carbocycles. The highest BCUT2D eigenvalue weighted by Gasteiger charge is 2.40. The zero-order valence-electron chi connectivity index (χ0n) is 22.5. The largest absolute Gasteiger partial charge is 0.500 e. The Bertz CT molecular complexity index is 1200. The number of nitrogens with one attached hydrogen (secondary N) is 1. The second kappa shape index (κ2) is 12.4. The van der Waals surface area contributed by atoms with Gasteiger partial charge in [-0.2, -0.15) is 0 Å². The van der Waals surface area contributed by atoms with E-state index < -0.39 is 13.7 Å². The number of aliphatic hydroxyl groups excluding tert-OH is 1. The van der Waals surface area contributed by atoms with Crippen molar-refractivity contribution in [1.82, 2.24) is 0 Å². The van der Waals surface area contributed by atoms with Crippen LogP contribution in [0.4, 0.5) is 5.69 Å². The van der Waals surface area contributed by atoms with Crippen molar-refractivity contribution in [3.05, 3.63) is 87.3 Å². The van der Waals surface area contributed by atoms with Crippen molar-refractivity contribution < 1.29 is 33.1 Å². The number of rotatable bonds is 12. The lowest BCUT2D eigenvalue weighted by Crippen LogP contribution is -2.73. The van der Waals surface area contributed by atoms with E-state index in [4.69, 9.17) is 13.3 Å². The molecule has 2 aliphatic rings. The molecule has 3 rings (SSSR count). The number of para-hydroxylation sites is 1. The first-order valence-electron chi connectivity index (χ1n) is 12.4. The molecule has 38 heavy (non-hydrogen) atoms. The van der Waals surface area contributed by atoms with Crippen molar-refractivity contribution in [2.45, 2.75) is 38.1 Å². The summed E-state index contributed by atoms with van der Waals surface area (Å²) in [5.41, 5.74) is 2.79. The number of hydrogen-bond acceptors (Lipinski definition) is 7. The number of aliphatic hydroxyl groups is 1. The van der Waals surface area contributed by atoms with E-state index in [-0.39, 0.29) is 28.4 Å². The van der Waals surface area contributed by atoms with Crippen molar-refractivity contribution in [2.24, 2.45) is 0 Å². The first-order chi connectivity index (χ1) is 18.1. The summed E-state index contributed by atoms with van der Waals surface area (Å²) in [5.74, 6) is -0.124. The Kier molecular flexibility index (Phi) is 9.55. The van der Waals surface area contributed by atoms with Crippen LogP contribution in [0.5, 0.6) is 0 Å². The van der Waals surface area contributed by atoms with E-state index in [0.717, 1.165) is 16.9 Å². The number of allylic oxidation sites excluding steroid dienone is 7. The maximum atomic E-state index is 12.4. The average molecular weight is 543 g/mol. The highest BCUT2D eigenvalue weighted by Crippen LogP contribution is 2.47. The van der Waals surface area contributed by atoms with Crippen molar-refractivity contribution in [1.29, 1.82) is 0 Å². The van der Waals surface area contributed by atoms with Crippen molar-refractivity contribution in [3.63, 3.8) is 0 Å². The molecule has 11 heteroatoms. The van der Waals surface area contributed by atoms with Crippen molar-refractivity contribution >= 4 is 26.2 Å². The summed E-state index contributed by atoms with van der Waals surface area (Å²) >= 11 is 0. The SMILES string of the molecule is CO[Si](CCC[NH+]=C(O)CCN1C(=CC=C2C=C([N+](=O)[O-])C=CC2=O)C(C)(C)c2ccccc21)(OC)OC. The fourth-order valence-electron chi connectivity index (χ4n) is 4.73. The topological polar surface area (TPSA) is 125 Å². The first kappa shape index (κ1) is 29.2. The molecular weight excluding hydrogens is 506 g/mol. The summed E-state index contributed by atoms with van der Waals surface area (Å²) < 4.78 is 16.3. The van der Waals surface area contributed by atoms with E-state index in [1.54, 1.807) is 27.4 Å². The molecule has 10 nitrogen and oxygen atoms in total. The molecule has 0 bridgehead atoms. The van der Waals surface area contributed by atoms with Crippen LogP contribution in [0, 0.1) is 10.1 Å². The standard InChI is InChI=1S/C27H35N3O7Si/c1-27(2)22-9-6-7-10-23(22)29(17-15-26(32)28-16-8-18-38(35-3,36-4)37-5)25(27)14-11-20-19-21(30(33)34)12-13-24(20)31/h6-7,9-14,19H,8,15-18H2,1-5H3,(H,28,32)/p+1. The van der Waals surface area contributed by atoms with Gasteiger partial charge in [0.15, 0.2) is 5.78 Å². The number of nitro groups is 1. The normalized spacial score (nSPS) is 19.3. The van der Waals surface area contributed by atoms with Gasteiger partial charge < -0.3 is 23.3 Å². The van der Waals surface area contributed by atoms with E-state index in [1.807, 2.05) is 24.3 Å². The Morgan fingerprint density at radius 3 is 2.50 bits per heavy atom. The van der Waals surface area contributed by atoms with E-state index >= 15 is 0 Å². The second-order valence-corrected chi connectivity index (χ2v) is 12.6. The fraction of sp³-hybridized carbons (Fsp3) is 0.407. The lowest BCUT2D eigenvalue weighted by molar-refractivity contribution is -0.467.